The number of fused-ring (bicyclic) bond motifs is 1. The number of carbonyl (C=O) groups excluding carboxylic acids is 1. The van der Waals surface area contributed by atoms with Gasteiger partial charge in [-0.2, -0.15) is 0 Å². The van der Waals surface area contributed by atoms with Gasteiger partial charge < -0.3 is 24.4 Å². The van der Waals surface area contributed by atoms with Crippen molar-refractivity contribution in [2.45, 2.75) is 6.92 Å². The highest BCUT2D eigenvalue weighted by molar-refractivity contribution is 6.04. The van der Waals surface area contributed by atoms with Gasteiger partial charge in [0.05, 0.1) is 0 Å². The number of hydrogen-bond acceptors (Lipinski definition) is 6. The fourth-order valence-corrected chi connectivity index (χ4v) is 3.51. The van der Waals surface area contributed by atoms with Gasteiger partial charge in [0, 0.05) is 57.4 Å². The molecule has 2 aromatic heterocycles. The van der Waals surface area contributed by atoms with E-state index >= 15 is 0 Å². The Balaban J connectivity index is 1.54. The quantitative estimate of drug-likeness (QED) is 0.734. The van der Waals surface area contributed by atoms with E-state index in [0.717, 1.165) is 48.6 Å². The van der Waals surface area contributed by atoms with E-state index in [9.17, 15) is 4.79 Å². The lowest BCUT2D eigenvalue weighted by molar-refractivity contribution is 0.0998. The molecule has 1 aliphatic rings. The third-order valence-electron chi connectivity index (χ3n) is 5.36. The van der Waals surface area contributed by atoms with Crippen molar-refractivity contribution in [3.8, 4) is 0 Å². The molecule has 0 bridgehead atoms. The Kier molecular flexibility index (Phi) is 5.15. The van der Waals surface area contributed by atoms with Crippen molar-refractivity contribution in [1.29, 1.82) is 0 Å². The second-order valence-corrected chi connectivity index (χ2v) is 7.81. The number of anilines is 3. The first-order chi connectivity index (χ1) is 13.9. The Morgan fingerprint density at radius 1 is 1.10 bits per heavy atom. The Labute approximate surface area is 170 Å². The maximum absolute atomic E-state index is 12.7. The van der Waals surface area contributed by atoms with Crippen LogP contribution in [0, 0.1) is 6.92 Å². The second-order valence-electron chi connectivity index (χ2n) is 7.81. The van der Waals surface area contributed by atoms with Crippen LogP contribution >= 0.6 is 0 Å². The van der Waals surface area contributed by atoms with Crippen LogP contribution in [0.1, 0.15) is 16.1 Å². The first-order valence-corrected chi connectivity index (χ1v) is 9.84. The highest BCUT2D eigenvalue weighted by Gasteiger charge is 2.19. The normalized spacial score (nSPS) is 15.0. The van der Waals surface area contributed by atoms with Crippen LogP contribution in [0.3, 0.4) is 0 Å². The van der Waals surface area contributed by atoms with Crippen molar-refractivity contribution in [3.05, 3.63) is 47.7 Å². The molecule has 1 saturated heterocycles. The van der Waals surface area contributed by atoms with Crippen LogP contribution in [0.25, 0.3) is 11.0 Å². The minimum absolute atomic E-state index is 0.277. The van der Waals surface area contributed by atoms with Crippen molar-refractivity contribution in [2.24, 2.45) is 0 Å². The molecular weight excluding hydrogens is 366 g/mol. The van der Waals surface area contributed by atoms with E-state index in [0.29, 0.717) is 11.4 Å². The highest BCUT2D eigenvalue weighted by atomic mass is 16.3. The number of pyridine rings is 1. The summed E-state index contributed by atoms with van der Waals surface area (Å²) in [6, 6.07) is 11.5. The lowest BCUT2D eigenvalue weighted by Crippen LogP contribution is -2.45. The summed E-state index contributed by atoms with van der Waals surface area (Å²) in [5.74, 6) is 1.44. The average molecular weight is 393 g/mol. The minimum Gasteiger partial charge on any atom is -0.451 e. The zero-order chi connectivity index (χ0) is 20.5. The third kappa shape index (κ3) is 4.05. The predicted molar refractivity (Wildman–Crippen MR) is 117 cm³/mol. The third-order valence-corrected chi connectivity index (χ3v) is 5.36. The van der Waals surface area contributed by atoms with Crippen LogP contribution in [-0.4, -0.2) is 63.1 Å². The van der Waals surface area contributed by atoms with Crippen molar-refractivity contribution in [3.63, 3.8) is 0 Å². The second kappa shape index (κ2) is 7.75. The largest absolute Gasteiger partial charge is 0.451 e. The molecule has 0 radical (unpaired) electrons. The molecule has 1 amide bonds. The zero-order valence-electron chi connectivity index (χ0n) is 17.4. The molecule has 7 nitrogen and oxygen atoms in total. The number of piperazine rings is 1. The van der Waals surface area contributed by atoms with E-state index < -0.39 is 0 Å². The monoisotopic (exact) mass is 393 g/mol. The summed E-state index contributed by atoms with van der Waals surface area (Å²) in [5.41, 5.74) is 2.82. The van der Waals surface area contributed by atoms with Gasteiger partial charge in [-0.3, -0.25) is 4.79 Å². The molecule has 29 heavy (non-hydrogen) atoms. The Hall–Kier alpha value is -3.06. The van der Waals surface area contributed by atoms with Gasteiger partial charge >= 0.3 is 0 Å². The first-order valence-electron chi connectivity index (χ1n) is 9.84. The minimum atomic E-state index is -0.298. The van der Waals surface area contributed by atoms with Gasteiger partial charge in [-0.1, -0.05) is 6.07 Å². The van der Waals surface area contributed by atoms with Crippen LogP contribution in [0.15, 0.2) is 40.8 Å². The molecule has 0 unspecified atom stereocenters. The molecule has 3 aromatic rings. The molecular formula is C22H27N5O2. The summed E-state index contributed by atoms with van der Waals surface area (Å²) in [5, 5.41) is 3.78. The molecule has 0 atom stereocenters. The lowest BCUT2D eigenvalue weighted by atomic mass is 10.2. The van der Waals surface area contributed by atoms with E-state index in [1.165, 1.54) is 0 Å². The van der Waals surface area contributed by atoms with Crippen molar-refractivity contribution in [2.75, 3.05) is 62.4 Å². The average Bonchev–Trinajstić information content (AvgIpc) is 3.13. The molecule has 4 rings (SSSR count). The number of furan rings is 1. The summed E-state index contributed by atoms with van der Waals surface area (Å²) in [4.78, 5) is 24.0. The molecule has 7 heteroatoms. The maximum atomic E-state index is 12.7. The van der Waals surface area contributed by atoms with Gasteiger partial charge in [-0.05, 0) is 43.8 Å². The molecule has 1 aliphatic heterocycles. The summed E-state index contributed by atoms with van der Waals surface area (Å²) in [6.45, 7) is 5.92. The van der Waals surface area contributed by atoms with Crippen molar-refractivity contribution >= 4 is 34.2 Å². The Morgan fingerprint density at radius 3 is 2.59 bits per heavy atom. The summed E-state index contributed by atoms with van der Waals surface area (Å²) in [6.07, 6.45) is 0. The van der Waals surface area contributed by atoms with Crippen LogP contribution in [0.4, 0.5) is 17.3 Å². The highest BCUT2D eigenvalue weighted by Crippen LogP contribution is 2.26. The Morgan fingerprint density at radius 2 is 1.86 bits per heavy atom. The number of amides is 1. The SMILES string of the molecule is Cc1ccc(NC(=O)c2cc3ccc(N(C)C)cc3o2)nc1N1CCN(C)CC1. The van der Waals surface area contributed by atoms with E-state index in [4.69, 9.17) is 9.40 Å². The molecule has 1 fully saturated rings. The summed E-state index contributed by atoms with van der Waals surface area (Å²) in [7, 11) is 6.07. The van der Waals surface area contributed by atoms with E-state index in [1.807, 2.05) is 56.3 Å². The zero-order valence-corrected chi connectivity index (χ0v) is 17.4. The number of nitrogens with zero attached hydrogens (tertiary/aromatic N) is 4. The summed E-state index contributed by atoms with van der Waals surface area (Å²) < 4.78 is 5.79. The van der Waals surface area contributed by atoms with Crippen LogP contribution in [0.5, 0.6) is 0 Å². The molecule has 1 aromatic carbocycles. The van der Waals surface area contributed by atoms with Crippen LogP contribution in [-0.2, 0) is 0 Å². The number of rotatable bonds is 4. The first kappa shape index (κ1) is 19.3. The van der Waals surface area contributed by atoms with Gasteiger partial charge in [0.15, 0.2) is 5.76 Å². The summed E-state index contributed by atoms with van der Waals surface area (Å²) >= 11 is 0. The number of carbonyl (C=O) groups is 1. The number of nitrogens with one attached hydrogen (secondary N) is 1. The van der Waals surface area contributed by atoms with E-state index in [-0.39, 0.29) is 11.7 Å². The van der Waals surface area contributed by atoms with Gasteiger partial charge in [-0.15, -0.1) is 0 Å². The molecule has 0 spiro atoms. The number of likely N-dealkylation sites (N-methyl/N-ethyl adjacent to an activating group) is 1. The fourth-order valence-electron chi connectivity index (χ4n) is 3.51. The molecule has 0 aliphatic carbocycles. The number of benzene rings is 1. The van der Waals surface area contributed by atoms with E-state index in [2.05, 4.69) is 22.2 Å². The van der Waals surface area contributed by atoms with Crippen LogP contribution < -0.4 is 15.1 Å². The number of aryl methyl sites for hydroxylation is 1. The van der Waals surface area contributed by atoms with Crippen molar-refractivity contribution < 1.29 is 9.21 Å². The lowest BCUT2D eigenvalue weighted by Gasteiger charge is -2.34. The predicted octanol–water partition coefficient (Wildman–Crippen LogP) is 3.21. The molecule has 0 saturated carbocycles. The van der Waals surface area contributed by atoms with Gasteiger partial charge in [0.25, 0.3) is 5.91 Å². The van der Waals surface area contributed by atoms with Gasteiger partial charge in [0.1, 0.15) is 17.2 Å². The molecule has 1 N–H and O–H groups in total. The fraction of sp³-hybridized carbons (Fsp3) is 0.364. The van der Waals surface area contributed by atoms with E-state index in [1.54, 1.807) is 6.07 Å². The number of hydrogen-bond donors (Lipinski definition) is 1. The van der Waals surface area contributed by atoms with Crippen molar-refractivity contribution in [1.82, 2.24) is 9.88 Å². The Bertz CT molecular complexity index is 1030. The van der Waals surface area contributed by atoms with Gasteiger partial charge in [0.2, 0.25) is 0 Å². The van der Waals surface area contributed by atoms with Crippen LogP contribution in [0.2, 0.25) is 0 Å². The number of aromatic nitrogens is 1. The smallest absolute Gasteiger partial charge is 0.292 e. The maximum Gasteiger partial charge on any atom is 0.292 e. The van der Waals surface area contributed by atoms with Gasteiger partial charge in [-0.25, -0.2) is 4.98 Å². The molecule has 3 heterocycles. The standard InChI is InChI=1S/C22H27N5O2/c1-15-5-8-20(23-21(15)27-11-9-26(4)10-12-27)24-22(28)19-13-16-6-7-17(25(2)3)14-18(16)29-19/h5-8,13-14H,9-12H2,1-4H3,(H,23,24,28). The topological polar surface area (TPSA) is 64.9 Å². The molecule has 152 valence electrons.